The molecule has 3 N–H and O–H groups in total. The highest BCUT2D eigenvalue weighted by atomic mass is 32.2. The van der Waals surface area contributed by atoms with E-state index < -0.39 is 20.5 Å². The molecule has 0 bridgehead atoms. The lowest BCUT2D eigenvalue weighted by Crippen LogP contribution is -2.28. The molecule has 1 aromatic rings. The van der Waals surface area contributed by atoms with E-state index in [1.54, 1.807) is 26.2 Å². The number of hydrogen-bond donors (Lipinski definition) is 2. The summed E-state index contributed by atoms with van der Waals surface area (Å²) < 4.78 is 29.5. The van der Waals surface area contributed by atoms with Crippen molar-refractivity contribution in [2.75, 3.05) is 26.0 Å². The molecule has 6 heteroatoms. The van der Waals surface area contributed by atoms with E-state index in [4.69, 9.17) is 10.5 Å². The van der Waals surface area contributed by atoms with Crippen molar-refractivity contribution < 1.29 is 18.3 Å². The Balaban J connectivity index is 2.38. The summed E-state index contributed by atoms with van der Waals surface area (Å²) in [5, 5.41) is 9.06. The van der Waals surface area contributed by atoms with Gasteiger partial charge in [-0.1, -0.05) is 19.1 Å². The SMILES string of the molecule is CCS(=O)(=O)[C@@H]1[C@@H](c2ccc(OC)cc2)[C@]1(CN)CO. The van der Waals surface area contributed by atoms with Gasteiger partial charge in [0.15, 0.2) is 9.84 Å². The molecule has 1 fully saturated rings. The van der Waals surface area contributed by atoms with Crippen LogP contribution in [0, 0.1) is 5.41 Å². The van der Waals surface area contributed by atoms with E-state index >= 15 is 0 Å². The molecule has 0 unspecified atom stereocenters. The van der Waals surface area contributed by atoms with E-state index in [2.05, 4.69) is 0 Å². The van der Waals surface area contributed by atoms with Gasteiger partial charge in [0.05, 0.1) is 19.0 Å². The molecule has 1 aliphatic carbocycles. The Labute approximate surface area is 119 Å². The molecule has 0 amide bonds. The minimum atomic E-state index is -3.24. The first-order chi connectivity index (χ1) is 9.46. The lowest BCUT2D eigenvalue weighted by molar-refractivity contribution is 0.212. The Morgan fingerprint density at radius 1 is 1.35 bits per heavy atom. The van der Waals surface area contributed by atoms with E-state index in [0.29, 0.717) is 5.75 Å². The molecule has 0 aromatic heterocycles. The van der Waals surface area contributed by atoms with Crippen LogP contribution in [0.5, 0.6) is 5.75 Å². The maximum atomic E-state index is 12.2. The normalized spacial score (nSPS) is 29.2. The molecule has 112 valence electrons. The van der Waals surface area contributed by atoms with Crippen molar-refractivity contribution in [1.29, 1.82) is 0 Å². The van der Waals surface area contributed by atoms with Crippen LogP contribution in [0.2, 0.25) is 0 Å². The van der Waals surface area contributed by atoms with Crippen molar-refractivity contribution in [2.24, 2.45) is 11.1 Å². The molecule has 3 atom stereocenters. The van der Waals surface area contributed by atoms with Crippen LogP contribution >= 0.6 is 0 Å². The van der Waals surface area contributed by atoms with Gasteiger partial charge in [-0.2, -0.15) is 0 Å². The zero-order valence-electron chi connectivity index (χ0n) is 11.7. The summed E-state index contributed by atoms with van der Waals surface area (Å²) in [5.74, 6) is 0.534. The average Bonchev–Trinajstić information content (AvgIpc) is 3.18. The third kappa shape index (κ3) is 2.21. The summed E-state index contributed by atoms with van der Waals surface area (Å²) >= 11 is 0. The number of ether oxygens (including phenoxy) is 1. The standard InChI is InChI=1S/C14H21NO4S/c1-3-20(17,18)13-12(14(13,8-15)9-16)10-4-6-11(19-2)7-5-10/h4-7,12-13,16H,3,8-9,15H2,1-2H3/t12-,13-,14+/m1/s1. The molecule has 2 rings (SSSR count). The van der Waals surface area contributed by atoms with Crippen LogP contribution in [0.15, 0.2) is 24.3 Å². The monoisotopic (exact) mass is 299 g/mol. The summed E-state index contributed by atoms with van der Waals surface area (Å²) in [5.41, 5.74) is 5.89. The third-order valence-corrected chi connectivity index (χ3v) is 6.64. The summed E-state index contributed by atoms with van der Waals surface area (Å²) in [4.78, 5) is 0. The van der Waals surface area contributed by atoms with Crippen LogP contribution in [0.4, 0.5) is 0 Å². The van der Waals surface area contributed by atoms with Crippen molar-refractivity contribution in [1.82, 2.24) is 0 Å². The van der Waals surface area contributed by atoms with Crippen LogP contribution in [-0.4, -0.2) is 44.8 Å². The lowest BCUT2D eigenvalue weighted by atomic mass is 10.00. The number of hydrogen-bond acceptors (Lipinski definition) is 5. The van der Waals surface area contributed by atoms with Gasteiger partial charge in [-0.15, -0.1) is 0 Å². The Morgan fingerprint density at radius 2 is 1.95 bits per heavy atom. The molecular weight excluding hydrogens is 278 g/mol. The fourth-order valence-corrected chi connectivity index (χ4v) is 5.17. The van der Waals surface area contributed by atoms with Crippen molar-refractivity contribution >= 4 is 9.84 Å². The predicted molar refractivity (Wildman–Crippen MR) is 77.6 cm³/mol. The predicted octanol–water partition coefficient (Wildman–Crippen LogP) is 0.533. The van der Waals surface area contributed by atoms with Gasteiger partial charge in [-0.3, -0.25) is 0 Å². The highest BCUT2D eigenvalue weighted by molar-refractivity contribution is 7.92. The maximum absolute atomic E-state index is 12.2. The van der Waals surface area contributed by atoms with Crippen LogP contribution in [-0.2, 0) is 9.84 Å². The van der Waals surface area contributed by atoms with Crippen LogP contribution < -0.4 is 10.5 Å². The smallest absolute Gasteiger partial charge is 0.154 e. The van der Waals surface area contributed by atoms with E-state index in [-0.39, 0.29) is 24.8 Å². The number of sulfone groups is 1. The molecule has 0 radical (unpaired) electrons. The second-order valence-electron chi connectivity index (χ2n) is 5.22. The van der Waals surface area contributed by atoms with Gasteiger partial charge in [0, 0.05) is 23.6 Å². The largest absolute Gasteiger partial charge is 0.497 e. The van der Waals surface area contributed by atoms with Gasteiger partial charge < -0.3 is 15.6 Å². The summed E-state index contributed by atoms with van der Waals surface area (Å²) in [6.07, 6.45) is 0. The van der Waals surface area contributed by atoms with Crippen LogP contribution in [0.3, 0.4) is 0 Å². The van der Waals surface area contributed by atoms with Gasteiger partial charge in [0.2, 0.25) is 0 Å². The van der Waals surface area contributed by atoms with Gasteiger partial charge >= 0.3 is 0 Å². The van der Waals surface area contributed by atoms with E-state index in [9.17, 15) is 13.5 Å². The quantitative estimate of drug-likeness (QED) is 0.800. The van der Waals surface area contributed by atoms with Gasteiger partial charge in [0.25, 0.3) is 0 Å². The fraction of sp³-hybridized carbons (Fsp3) is 0.571. The summed E-state index contributed by atoms with van der Waals surface area (Å²) in [6, 6.07) is 7.27. The van der Waals surface area contributed by atoms with Crippen molar-refractivity contribution in [2.45, 2.75) is 18.1 Å². The Morgan fingerprint density at radius 3 is 2.35 bits per heavy atom. The molecule has 0 heterocycles. The second kappa shape index (κ2) is 5.35. The number of benzene rings is 1. The molecule has 1 aliphatic rings. The molecule has 1 saturated carbocycles. The Kier molecular flexibility index (Phi) is 4.09. The summed E-state index contributed by atoms with van der Waals surface area (Å²) in [7, 11) is -1.66. The zero-order chi connectivity index (χ0) is 15.0. The minimum absolute atomic E-state index is 0.0616. The average molecular weight is 299 g/mol. The number of aliphatic hydroxyl groups is 1. The van der Waals surface area contributed by atoms with E-state index in [1.165, 1.54) is 0 Å². The van der Waals surface area contributed by atoms with Gasteiger partial charge in [-0.05, 0) is 17.7 Å². The maximum Gasteiger partial charge on any atom is 0.154 e. The fourth-order valence-electron chi connectivity index (χ4n) is 3.01. The second-order valence-corrected chi connectivity index (χ2v) is 7.63. The number of aliphatic hydroxyl groups excluding tert-OH is 1. The molecule has 0 saturated heterocycles. The van der Waals surface area contributed by atoms with Crippen LogP contribution in [0.25, 0.3) is 0 Å². The molecule has 1 aromatic carbocycles. The van der Waals surface area contributed by atoms with Gasteiger partial charge in [0.1, 0.15) is 5.75 Å². The minimum Gasteiger partial charge on any atom is -0.497 e. The number of nitrogens with two attached hydrogens (primary N) is 1. The highest BCUT2D eigenvalue weighted by Gasteiger charge is 2.69. The Hall–Kier alpha value is -1.11. The first-order valence-electron chi connectivity index (χ1n) is 6.63. The Bertz CT molecular complexity index is 563. The molecule has 5 nitrogen and oxygen atoms in total. The first kappa shape index (κ1) is 15.3. The highest BCUT2D eigenvalue weighted by Crippen LogP contribution is 2.62. The first-order valence-corrected chi connectivity index (χ1v) is 8.34. The molecule has 20 heavy (non-hydrogen) atoms. The van der Waals surface area contributed by atoms with Crippen molar-refractivity contribution in [3.05, 3.63) is 29.8 Å². The van der Waals surface area contributed by atoms with E-state index in [0.717, 1.165) is 5.56 Å². The molecular formula is C14H21NO4S. The number of methoxy groups -OCH3 is 1. The van der Waals surface area contributed by atoms with Crippen molar-refractivity contribution in [3.8, 4) is 5.75 Å². The summed E-state index contributed by atoms with van der Waals surface area (Å²) in [6.45, 7) is 1.56. The van der Waals surface area contributed by atoms with E-state index in [1.807, 2.05) is 12.1 Å². The number of rotatable bonds is 6. The van der Waals surface area contributed by atoms with Crippen LogP contribution in [0.1, 0.15) is 18.4 Å². The lowest BCUT2D eigenvalue weighted by Gasteiger charge is -2.11. The molecule has 0 spiro atoms. The van der Waals surface area contributed by atoms with Crippen molar-refractivity contribution in [3.63, 3.8) is 0 Å². The topological polar surface area (TPSA) is 89.6 Å². The third-order valence-electron chi connectivity index (χ3n) is 4.32. The molecule has 0 aliphatic heterocycles. The van der Waals surface area contributed by atoms with Gasteiger partial charge in [-0.25, -0.2) is 8.42 Å². The zero-order valence-corrected chi connectivity index (χ0v) is 12.6.